The highest BCUT2D eigenvalue weighted by Gasteiger charge is 2.32. The Labute approximate surface area is 162 Å². The standard InChI is InChI=1S/C17H12N2O6S2/c1-9-2-4-11(12(6-9)19(23)24)13-5-3-10(25-13)7-14-16(22)18(8-15(20)21)17(26)27-14/h2-7H,8H2,1H3,(H,20,21)/p-1/b14-7+. The van der Waals surface area contributed by atoms with Gasteiger partial charge in [-0.2, -0.15) is 0 Å². The predicted molar refractivity (Wildman–Crippen MR) is 100 cm³/mol. The van der Waals surface area contributed by atoms with Gasteiger partial charge in [0.2, 0.25) is 0 Å². The third-order valence-corrected chi connectivity index (χ3v) is 5.05. The number of aliphatic carboxylic acids is 1. The lowest BCUT2D eigenvalue weighted by Gasteiger charge is -2.14. The average Bonchev–Trinajstić information content (AvgIpc) is 3.15. The number of thioether (sulfide) groups is 1. The van der Waals surface area contributed by atoms with Crippen molar-refractivity contribution in [2.24, 2.45) is 0 Å². The predicted octanol–water partition coefficient (Wildman–Crippen LogP) is 2.11. The van der Waals surface area contributed by atoms with Crippen LogP contribution in [0.5, 0.6) is 0 Å². The minimum Gasteiger partial charge on any atom is -0.548 e. The zero-order chi connectivity index (χ0) is 19.7. The molecule has 1 aliphatic rings. The number of hydrogen-bond acceptors (Lipinski definition) is 8. The van der Waals surface area contributed by atoms with Crippen molar-refractivity contribution >= 4 is 51.9 Å². The monoisotopic (exact) mass is 403 g/mol. The summed E-state index contributed by atoms with van der Waals surface area (Å²) in [5.41, 5.74) is 0.972. The molecule has 1 amide bonds. The van der Waals surface area contributed by atoms with Crippen LogP contribution in [-0.2, 0) is 9.59 Å². The third kappa shape index (κ3) is 3.91. The van der Waals surface area contributed by atoms with Gasteiger partial charge in [0.25, 0.3) is 11.6 Å². The van der Waals surface area contributed by atoms with Crippen LogP contribution >= 0.6 is 24.0 Å². The Balaban J connectivity index is 1.91. The SMILES string of the molecule is Cc1ccc(-c2ccc(/C=C3/SC(=S)N(CC(=O)[O-])C3=O)o2)c([N+](=O)[O-])c1. The summed E-state index contributed by atoms with van der Waals surface area (Å²) in [6.07, 6.45) is 1.41. The molecule has 8 nitrogen and oxygen atoms in total. The summed E-state index contributed by atoms with van der Waals surface area (Å²) < 4.78 is 5.73. The molecule has 1 aromatic heterocycles. The summed E-state index contributed by atoms with van der Waals surface area (Å²) in [7, 11) is 0. The fourth-order valence-corrected chi connectivity index (χ4v) is 3.71. The molecule has 2 aromatic rings. The number of amides is 1. The highest BCUT2D eigenvalue weighted by Crippen LogP contribution is 2.35. The Morgan fingerprint density at radius 3 is 2.78 bits per heavy atom. The average molecular weight is 403 g/mol. The maximum atomic E-state index is 12.2. The van der Waals surface area contributed by atoms with Crippen molar-refractivity contribution in [1.82, 2.24) is 4.90 Å². The molecule has 27 heavy (non-hydrogen) atoms. The number of carboxylic acid groups (broad SMARTS) is 1. The van der Waals surface area contributed by atoms with Crippen molar-refractivity contribution in [3.05, 3.63) is 56.7 Å². The minimum atomic E-state index is -1.42. The van der Waals surface area contributed by atoms with Crippen molar-refractivity contribution in [2.45, 2.75) is 6.92 Å². The highest BCUT2D eigenvalue weighted by molar-refractivity contribution is 8.26. The number of nitro benzene ring substituents is 1. The van der Waals surface area contributed by atoms with Crippen LogP contribution in [0.3, 0.4) is 0 Å². The van der Waals surface area contributed by atoms with Gasteiger partial charge in [-0.1, -0.05) is 30.0 Å². The molecule has 0 unspecified atom stereocenters. The molecule has 1 aromatic carbocycles. The molecule has 2 heterocycles. The molecule has 3 rings (SSSR count). The number of nitrogens with zero attached hydrogens (tertiary/aromatic N) is 2. The van der Waals surface area contributed by atoms with Gasteiger partial charge in [0.1, 0.15) is 15.8 Å². The van der Waals surface area contributed by atoms with E-state index >= 15 is 0 Å². The summed E-state index contributed by atoms with van der Waals surface area (Å²) in [6, 6.07) is 7.89. The zero-order valence-corrected chi connectivity index (χ0v) is 15.5. The van der Waals surface area contributed by atoms with E-state index in [9.17, 15) is 24.8 Å². The van der Waals surface area contributed by atoms with E-state index in [-0.39, 0.29) is 26.4 Å². The second kappa shape index (κ2) is 7.33. The first-order valence-electron chi connectivity index (χ1n) is 7.56. The number of carboxylic acids is 1. The molecule has 1 aliphatic heterocycles. The summed E-state index contributed by atoms with van der Waals surface area (Å²) in [5, 5.41) is 22.0. The molecule has 1 saturated heterocycles. The second-order valence-electron chi connectivity index (χ2n) is 5.62. The van der Waals surface area contributed by atoms with Crippen molar-refractivity contribution in [2.75, 3.05) is 6.54 Å². The minimum absolute atomic E-state index is 0.0869. The van der Waals surface area contributed by atoms with Crippen LogP contribution in [0.1, 0.15) is 11.3 Å². The molecule has 0 bridgehead atoms. The van der Waals surface area contributed by atoms with Gasteiger partial charge >= 0.3 is 0 Å². The Kier molecular flexibility index (Phi) is 5.10. The topological polar surface area (TPSA) is 117 Å². The van der Waals surface area contributed by atoms with Crippen LogP contribution in [0.4, 0.5) is 5.69 Å². The van der Waals surface area contributed by atoms with Gasteiger partial charge in [-0.3, -0.25) is 19.8 Å². The summed E-state index contributed by atoms with van der Waals surface area (Å²) >= 11 is 5.94. The summed E-state index contributed by atoms with van der Waals surface area (Å²) in [5.74, 6) is -1.42. The van der Waals surface area contributed by atoms with E-state index in [2.05, 4.69) is 0 Å². The Morgan fingerprint density at radius 2 is 2.11 bits per heavy atom. The number of carbonyl (C=O) groups is 2. The third-order valence-electron chi connectivity index (χ3n) is 3.68. The van der Waals surface area contributed by atoms with Gasteiger partial charge < -0.3 is 14.3 Å². The fraction of sp³-hybridized carbons (Fsp3) is 0.118. The smallest absolute Gasteiger partial charge is 0.280 e. The van der Waals surface area contributed by atoms with Crippen LogP contribution in [0.25, 0.3) is 17.4 Å². The Bertz CT molecular complexity index is 1010. The summed E-state index contributed by atoms with van der Waals surface area (Å²) in [4.78, 5) is 34.9. The number of hydrogen-bond donors (Lipinski definition) is 0. The van der Waals surface area contributed by atoms with Gasteiger partial charge in [0.05, 0.1) is 27.9 Å². The van der Waals surface area contributed by atoms with E-state index in [0.29, 0.717) is 5.56 Å². The Morgan fingerprint density at radius 1 is 1.37 bits per heavy atom. The Hall–Kier alpha value is -2.98. The normalized spacial score (nSPS) is 15.6. The van der Waals surface area contributed by atoms with E-state index in [1.807, 2.05) is 0 Å². The van der Waals surface area contributed by atoms with E-state index in [4.69, 9.17) is 16.6 Å². The van der Waals surface area contributed by atoms with Gasteiger partial charge in [-0.15, -0.1) is 0 Å². The van der Waals surface area contributed by atoms with Crippen LogP contribution in [0.2, 0.25) is 0 Å². The maximum Gasteiger partial charge on any atom is 0.280 e. The van der Waals surface area contributed by atoms with Crippen LogP contribution in [0.15, 0.2) is 39.7 Å². The maximum absolute atomic E-state index is 12.2. The number of nitro groups is 1. The fourth-order valence-electron chi connectivity index (χ4n) is 2.47. The number of benzene rings is 1. The zero-order valence-electron chi connectivity index (χ0n) is 13.8. The lowest BCUT2D eigenvalue weighted by molar-refractivity contribution is -0.384. The van der Waals surface area contributed by atoms with Gasteiger partial charge in [-0.25, -0.2) is 0 Å². The quantitative estimate of drug-likeness (QED) is 0.322. The molecule has 0 atom stereocenters. The lowest BCUT2D eigenvalue weighted by atomic mass is 10.1. The number of aryl methyl sites for hydroxylation is 1. The largest absolute Gasteiger partial charge is 0.548 e. The molecule has 0 saturated carbocycles. The number of furan rings is 1. The molecule has 138 valence electrons. The van der Waals surface area contributed by atoms with Crippen molar-refractivity contribution in [3.8, 4) is 11.3 Å². The molecule has 0 spiro atoms. The van der Waals surface area contributed by atoms with Gasteiger partial charge in [-0.05, 0) is 30.7 Å². The number of carbonyl (C=O) groups excluding carboxylic acids is 2. The molecule has 1 fully saturated rings. The van der Waals surface area contributed by atoms with Gasteiger partial charge in [0, 0.05) is 12.1 Å². The van der Waals surface area contributed by atoms with Crippen LogP contribution in [0, 0.1) is 17.0 Å². The molecule has 10 heteroatoms. The summed E-state index contributed by atoms with van der Waals surface area (Å²) in [6.45, 7) is 1.12. The molecule has 0 radical (unpaired) electrons. The number of thiocarbonyl (C=S) groups is 1. The highest BCUT2D eigenvalue weighted by atomic mass is 32.2. The second-order valence-corrected chi connectivity index (χ2v) is 7.30. The molecular formula is C17H11N2O6S2-. The van der Waals surface area contributed by atoms with Crippen molar-refractivity contribution in [3.63, 3.8) is 0 Å². The first-order valence-corrected chi connectivity index (χ1v) is 8.79. The van der Waals surface area contributed by atoms with E-state index in [1.54, 1.807) is 31.2 Å². The molecular weight excluding hydrogens is 392 g/mol. The number of rotatable bonds is 5. The van der Waals surface area contributed by atoms with E-state index in [1.165, 1.54) is 12.1 Å². The van der Waals surface area contributed by atoms with Crippen molar-refractivity contribution < 1.29 is 24.0 Å². The van der Waals surface area contributed by atoms with Gasteiger partial charge in [0.15, 0.2) is 0 Å². The first-order chi connectivity index (χ1) is 12.8. The van der Waals surface area contributed by atoms with E-state index in [0.717, 1.165) is 22.2 Å². The van der Waals surface area contributed by atoms with Crippen LogP contribution in [-0.4, -0.2) is 32.6 Å². The molecule has 0 aliphatic carbocycles. The first kappa shape index (κ1) is 18.8. The molecule has 0 N–H and O–H groups in total. The van der Waals surface area contributed by atoms with E-state index < -0.39 is 23.3 Å². The lowest BCUT2D eigenvalue weighted by Crippen LogP contribution is -2.40. The van der Waals surface area contributed by atoms with Crippen LogP contribution < -0.4 is 5.11 Å². The van der Waals surface area contributed by atoms with Crippen molar-refractivity contribution in [1.29, 1.82) is 0 Å².